The number of amides is 1. The number of fused-ring (bicyclic) bond motifs is 1. The minimum absolute atomic E-state index is 0.0709. The summed E-state index contributed by atoms with van der Waals surface area (Å²) in [6.07, 6.45) is 0. The van der Waals surface area contributed by atoms with E-state index < -0.39 is 0 Å². The highest BCUT2D eigenvalue weighted by atomic mass is 35.5. The summed E-state index contributed by atoms with van der Waals surface area (Å²) in [5.41, 5.74) is 2.28. The number of anilines is 1. The number of benzene rings is 2. The van der Waals surface area contributed by atoms with Crippen LogP contribution in [-0.4, -0.2) is 23.9 Å². The molecule has 114 valence electrons. The summed E-state index contributed by atoms with van der Waals surface area (Å²) in [7, 11) is 1.51. The molecular formula is C16H14ClNO3S. The van der Waals surface area contributed by atoms with Crippen LogP contribution in [0.5, 0.6) is 11.5 Å². The number of phenols is 1. The van der Waals surface area contributed by atoms with Crippen molar-refractivity contribution in [1.29, 1.82) is 0 Å². The number of halogens is 1. The molecule has 2 aromatic carbocycles. The molecule has 0 fully saturated rings. The van der Waals surface area contributed by atoms with E-state index in [9.17, 15) is 9.90 Å². The van der Waals surface area contributed by atoms with Crippen LogP contribution in [0.3, 0.4) is 0 Å². The molecule has 1 heterocycles. The molecule has 22 heavy (non-hydrogen) atoms. The number of rotatable bonds is 2. The quantitative estimate of drug-likeness (QED) is 0.875. The monoisotopic (exact) mass is 335 g/mol. The molecule has 4 nitrogen and oxygen atoms in total. The van der Waals surface area contributed by atoms with Crippen molar-refractivity contribution in [3.63, 3.8) is 0 Å². The Bertz CT molecular complexity index is 735. The first-order valence-electron chi connectivity index (χ1n) is 6.67. The fraction of sp³-hybridized carbons (Fsp3) is 0.188. The molecule has 0 aliphatic carbocycles. The van der Waals surface area contributed by atoms with Gasteiger partial charge in [-0.15, -0.1) is 11.8 Å². The molecule has 2 N–H and O–H groups in total. The van der Waals surface area contributed by atoms with Gasteiger partial charge in [-0.2, -0.15) is 0 Å². The molecule has 0 unspecified atom stereocenters. The van der Waals surface area contributed by atoms with E-state index in [0.717, 1.165) is 5.56 Å². The second-order valence-electron chi connectivity index (χ2n) is 4.87. The average Bonchev–Trinajstić information content (AvgIpc) is 2.66. The van der Waals surface area contributed by atoms with Gasteiger partial charge in [-0.05, 0) is 29.8 Å². The summed E-state index contributed by atoms with van der Waals surface area (Å²) < 4.78 is 5.17. The standard InChI is InChI=1S/C16H14ClNO3S/c1-21-13-4-2-3-10(15(13)20)16-11-7-9(17)5-6-12(11)18-14(19)8-22-16/h2-7,16,20H,8H2,1H3,(H,18,19)/t16-/m1/s1. The number of nitrogens with one attached hydrogen (secondary N) is 1. The van der Waals surface area contributed by atoms with Crippen molar-refractivity contribution in [3.8, 4) is 11.5 Å². The topological polar surface area (TPSA) is 58.6 Å². The highest BCUT2D eigenvalue weighted by Gasteiger charge is 2.27. The average molecular weight is 336 g/mol. The number of hydrogen-bond acceptors (Lipinski definition) is 4. The van der Waals surface area contributed by atoms with Crippen molar-refractivity contribution in [2.45, 2.75) is 5.25 Å². The smallest absolute Gasteiger partial charge is 0.234 e. The van der Waals surface area contributed by atoms with Crippen LogP contribution >= 0.6 is 23.4 Å². The molecule has 1 atom stereocenters. The van der Waals surface area contributed by atoms with Crippen molar-refractivity contribution in [2.24, 2.45) is 0 Å². The van der Waals surface area contributed by atoms with Gasteiger partial charge in [0.15, 0.2) is 11.5 Å². The number of methoxy groups -OCH3 is 1. The van der Waals surface area contributed by atoms with Gasteiger partial charge in [0.25, 0.3) is 0 Å². The summed E-state index contributed by atoms with van der Waals surface area (Å²) in [4.78, 5) is 11.9. The number of carbonyl (C=O) groups excluding carboxylic acids is 1. The molecule has 0 saturated carbocycles. The van der Waals surface area contributed by atoms with E-state index in [2.05, 4.69) is 5.32 Å². The maximum absolute atomic E-state index is 11.9. The van der Waals surface area contributed by atoms with Crippen LogP contribution in [0.15, 0.2) is 36.4 Å². The Balaban J connectivity index is 2.15. The zero-order valence-electron chi connectivity index (χ0n) is 11.8. The van der Waals surface area contributed by atoms with Crippen molar-refractivity contribution >= 4 is 35.0 Å². The van der Waals surface area contributed by atoms with Crippen molar-refractivity contribution in [3.05, 3.63) is 52.5 Å². The van der Waals surface area contributed by atoms with Gasteiger partial charge in [-0.25, -0.2) is 0 Å². The molecule has 0 bridgehead atoms. The molecule has 1 aliphatic rings. The number of phenolic OH excluding ortho intramolecular Hbond substituents is 1. The van der Waals surface area contributed by atoms with E-state index >= 15 is 0 Å². The minimum atomic E-state index is -0.206. The third kappa shape index (κ3) is 2.74. The summed E-state index contributed by atoms with van der Waals surface area (Å²) in [6.45, 7) is 0. The van der Waals surface area contributed by atoms with Crippen molar-refractivity contribution in [1.82, 2.24) is 0 Å². The second kappa shape index (κ2) is 6.10. The van der Waals surface area contributed by atoms with Crippen molar-refractivity contribution in [2.75, 3.05) is 18.2 Å². The molecule has 0 radical (unpaired) electrons. The summed E-state index contributed by atoms with van der Waals surface area (Å²) in [5, 5.41) is 13.7. The highest BCUT2D eigenvalue weighted by Crippen LogP contribution is 2.47. The Kier molecular flexibility index (Phi) is 4.18. The Morgan fingerprint density at radius 3 is 2.91 bits per heavy atom. The van der Waals surface area contributed by atoms with Gasteiger partial charge in [0.2, 0.25) is 5.91 Å². The van der Waals surface area contributed by atoms with E-state index in [1.165, 1.54) is 18.9 Å². The van der Waals surface area contributed by atoms with Crippen LogP contribution in [0.2, 0.25) is 5.02 Å². The molecular weight excluding hydrogens is 322 g/mol. The number of carbonyl (C=O) groups is 1. The lowest BCUT2D eigenvalue weighted by Gasteiger charge is -2.19. The maximum atomic E-state index is 11.9. The minimum Gasteiger partial charge on any atom is -0.504 e. The van der Waals surface area contributed by atoms with E-state index in [1.807, 2.05) is 18.2 Å². The number of thioether (sulfide) groups is 1. The molecule has 6 heteroatoms. The third-order valence-electron chi connectivity index (χ3n) is 3.48. The number of aromatic hydroxyl groups is 1. The largest absolute Gasteiger partial charge is 0.504 e. The Morgan fingerprint density at radius 2 is 2.14 bits per heavy atom. The van der Waals surface area contributed by atoms with E-state index in [-0.39, 0.29) is 16.9 Å². The maximum Gasteiger partial charge on any atom is 0.234 e. The van der Waals surface area contributed by atoms with Crippen LogP contribution in [-0.2, 0) is 4.79 Å². The normalized spacial score (nSPS) is 17.4. The molecule has 0 saturated heterocycles. The van der Waals surface area contributed by atoms with Gasteiger partial charge in [0, 0.05) is 16.3 Å². The van der Waals surface area contributed by atoms with Crippen LogP contribution in [0, 0.1) is 0 Å². The van der Waals surface area contributed by atoms with Crippen molar-refractivity contribution < 1.29 is 14.6 Å². The van der Waals surface area contributed by atoms with Gasteiger partial charge in [-0.1, -0.05) is 23.7 Å². The Labute approximate surface area is 137 Å². The second-order valence-corrected chi connectivity index (χ2v) is 6.40. The molecule has 0 spiro atoms. The van der Waals surface area contributed by atoms with E-state index in [0.29, 0.717) is 27.8 Å². The van der Waals surface area contributed by atoms with Crippen LogP contribution in [0.25, 0.3) is 0 Å². The third-order valence-corrected chi connectivity index (χ3v) is 4.99. The first kappa shape index (κ1) is 15.1. The fourth-order valence-electron chi connectivity index (χ4n) is 2.47. The number of hydrogen-bond donors (Lipinski definition) is 2. The van der Waals surface area contributed by atoms with Crippen LogP contribution in [0.4, 0.5) is 5.69 Å². The lowest BCUT2D eigenvalue weighted by Crippen LogP contribution is -2.12. The first-order valence-corrected chi connectivity index (χ1v) is 8.09. The first-order chi connectivity index (χ1) is 10.6. The van der Waals surface area contributed by atoms with Gasteiger partial charge in [-0.3, -0.25) is 4.79 Å². The molecule has 1 amide bonds. The Morgan fingerprint density at radius 1 is 1.32 bits per heavy atom. The molecule has 3 rings (SSSR count). The molecule has 1 aliphatic heterocycles. The lowest BCUT2D eigenvalue weighted by molar-refractivity contribution is -0.113. The van der Waals surface area contributed by atoms with Crippen LogP contribution in [0.1, 0.15) is 16.4 Å². The van der Waals surface area contributed by atoms with Crippen LogP contribution < -0.4 is 10.1 Å². The number of para-hydroxylation sites is 1. The highest BCUT2D eigenvalue weighted by molar-refractivity contribution is 8.00. The lowest BCUT2D eigenvalue weighted by atomic mass is 10.0. The zero-order valence-corrected chi connectivity index (χ0v) is 13.4. The summed E-state index contributed by atoms with van der Waals surface area (Å²) in [6, 6.07) is 10.7. The van der Waals surface area contributed by atoms with Gasteiger partial charge < -0.3 is 15.2 Å². The summed E-state index contributed by atoms with van der Waals surface area (Å²) >= 11 is 7.55. The predicted molar refractivity (Wildman–Crippen MR) is 89.0 cm³/mol. The SMILES string of the molecule is COc1cccc([C@H]2SCC(=O)Nc3ccc(Cl)cc32)c1O. The molecule has 2 aromatic rings. The van der Waals surface area contributed by atoms with Gasteiger partial charge in [0.05, 0.1) is 18.1 Å². The molecule has 0 aromatic heterocycles. The fourth-order valence-corrected chi connectivity index (χ4v) is 3.79. The van der Waals surface area contributed by atoms with Gasteiger partial charge >= 0.3 is 0 Å². The van der Waals surface area contributed by atoms with E-state index in [4.69, 9.17) is 16.3 Å². The van der Waals surface area contributed by atoms with E-state index in [1.54, 1.807) is 18.2 Å². The van der Waals surface area contributed by atoms with Gasteiger partial charge in [0.1, 0.15) is 0 Å². The number of ether oxygens (including phenoxy) is 1. The zero-order chi connectivity index (χ0) is 15.7. The Hall–Kier alpha value is -1.85. The predicted octanol–water partition coefficient (Wildman–Crippen LogP) is 3.83. The summed E-state index contributed by atoms with van der Waals surface area (Å²) in [5.74, 6) is 0.722.